The second-order valence-electron chi connectivity index (χ2n) is 7.64. The zero-order valence-corrected chi connectivity index (χ0v) is 18.5. The van der Waals surface area contributed by atoms with Crippen LogP contribution in [0.15, 0.2) is 54.6 Å². The standard InChI is InChI=1S/C24H27N5O3/c1-28-12-14-29(15-13-28)22-11-10-20(26-27-22)17-6-4-7-18(16-17)25-24(30)19-8-5-9-21(31-2)23(19)32-3/h4-11,16H,12-15H2,1-3H3,(H,25,30). The Morgan fingerprint density at radius 2 is 1.72 bits per heavy atom. The van der Waals surface area contributed by atoms with Crippen LogP contribution < -0.4 is 19.7 Å². The van der Waals surface area contributed by atoms with Gasteiger partial charge in [-0.15, -0.1) is 10.2 Å². The van der Waals surface area contributed by atoms with E-state index in [-0.39, 0.29) is 5.91 Å². The predicted molar refractivity (Wildman–Crippen MR) is 125 cm³/mol. The van der Waals surface area contributed by atoms with Crippen molar-refractivity contribution in [2.75, 3.05) is 57.7 Å². The number of benzene rings is 2. The van der Waals surface area contributed by atoms with Crippen molar-refractivity contribution >= 4 is 17.4 Å². The largest absolute Gasteiger partial charge is 0.493 e. The molecule has 0 radical (unpaired) electrons. The maximum absolute atomic E-state index is 12.9. The van der Waals surface area contributed by atoms with Crippen LogP contribution in [0.4, 0.5) is 11.5 Å². The molecule has 1 saturated heterocycles. The Hall–Kier alpha value is -3.65. The first-order valence-corrected chi connectivity index (χ1v) is 10.5. The number of para-hydroxylation sites is 1. The van der Waals surface area contributed by atoms with E-state index >= 15 is 0 Å². The van der Waals surface area contributed by atoms with Gasteiger partial charge in [0.05, 0.1) is 25.5 Å². The molecule has 166 valence electrons. The van der Waals surface area contributed by atoms with Crippen LogP contribution in [-0.2, 0) is 0 Å². The summed E-state index contributed by atoms with van der Waals surface area (Å²) in [6, 6.07) is 16.7. The number of nitrogens with one attached hydrogen (secondary N) is 1. The van der Waals surface area contributed by atoms with Crippen LogP contribution >= 0.6 is 0 Å². The van der Waals surface area contributed by atoms with Crippen LogP contribution in [0.2, 0.25) is 0 Å². The van der Waals surface area contributed by atoms with Crippen LogP contribution in [0, 0.1) is 0 Å². The Morgan fingerprint density at radius 3 is 2.41 bits per heavy atom. The maximum atomic E-state index is 12.9. The monoisotopic (exact) mass is 433 g/mol. The molecule has 2 heterocycles. The minimum absolute atomic E-state index is 0.283. The Labute approximate surface area is 187 Å². The summed E-state index contributed by atoms with van der Waals surface area (Å²) in [6.07, 6.45) is 0. The van der Waals surface area contributed by atoms with E-state index in [4.69, 9.17) is 9.47 Å². The third kappa shape index (κ3) is 4.65. The fourth-order valence-corrected chi connectivity index (χ4v) is 3.70. The first kappa shape index (κ1) is 21.6. The van der Waals surface area contributed by atoms with Crippen molar-refractivity contribution in [3.63, 3.8) is 0 Å². The van der Waals surface area contributed by atoms with Gasteiger partial charge in [0.25, 0.3) is 5.91 Å². The molecule has 8 heteroatoms. The third-order valence-electron chi connectivity index (χ3n) is 5.54. The number of aromatic nitrogens is 2. The van der Waals surface area contributed by atoms with Crippen molar-refractivity contribution in [1.29, 1.82) is 0 Å². The van der Waals surface area contributed by atoms with Gasteiger partial charge in [0.1, 0.15) is 0 Å². The zero-order valence-electron chi connectivity index (χ0n) is 18.5. The summed E-state index contributed by atoms with van der Waals surface area (Å²) in [4.78, 5) is 17.4. The number of ether oxygens (including phenoxy) is 2. The minimum Gasteiger partial charge on any atom is -0.493 e. The van der Waals surface area contributed by atoms with E-state index in [0.29, 0.717) is 22.7 Å². The van der Waals surface area contributed by atoms with Crippen LogP contribution in [-0.4, -0.2) is 68.5 Å². The number of likely N-dealkylation sites (N-methyl/N-ethyl adjacent to an activating group) is 1. The number of amides is 1. The molecule has 0 bridgehead atoms. The highest BCUT2D eigenvalue weighted by atomic mass is 16.5. The van der Waals surface area contributed by atoms with Crippen molar-refractivity contribution in [2.45, 2.75) is 0 Å². The number of methoxy groups -OCH3 is 2. The highest BCUT2D eigenvalue weighted by Crippen LogP contribution is 2.31. The summed E-state index contributed by atoms with van der Waals surface area (Å²) < 4.78 is 10.7. The smallest absolute Gasteiger partial charge is 0.259 e. The topological polar surface area (TPSA) is 79.8 Å². The van der Waals surface area contributed by atoms with Gasteiger partial charge in [-0.3, -0.25) is 4.79 Å². The van der Waals surface area contributed by atoms with Gasteiger partial charge < -0.3 is 24.6 Å². The van der Waals surface area contributed by atoms with Gasteiger partial charge in [-0.25, -0.2) is 0 Å². The molecule has 0 unspecified atom stereocenters. The lowest BCUT2D eigenvalue weighted by Crippen LogP contribution is -2.44. The summed E-state index contributed by atoms with van der Waals surface area (Å²) in [5.41, 5.74) is 2.67. The van der Waals surface area contributed by atoms with Gasteiger partial charge in [0, 0.05) is 37.4 Å². The fourth-order valence-electron chi connectivity index (χ4n) is 3.70. The van der Waals surface area contributed by atoms with Gasteiger partial charge in [0.2, 0.25) is 0 Å². The lowest BCUT2D eigenvalue weighted by molar-refractivity contribution is 0.102. The second kappa shape index (κ2) is 9.65. The average molecular weight is 434 g/mol. The fraction of sp³-hybridized carbons (Fsp3) is 0.292. The number of carbonyl (C=O) groups excluding carboxylic acids is 1. The van der Waals surface area contributed by atoms with Crippen LogP contribution in [0.25, 0.3) is 11.3 Å². The van der Waals surface area contributed by atoms with Crippen LogP contribution in [0.3, 0.4) is 0 Å². The number of anilines is 2. The Kier molecular flexibility index (Phi) is 6.51. The molecule has 32 heavy (non-hydrogen) atoms. The molecule has 1 aliphatic rings. The van der Waals surface area contributed by atoms with Gasteiger partial charge in [-0.2, -0.15) is 0 Å². The van der Waals surface area contributed by atoms with E-state index in [2.05, 4.69) is 32.4 Å². The summed E-state index contributed by atoms with van der Waals surface area (Å²) in [7, 11) is 5.18. The van der Waals surface area contributed by atoms with E-state index < -0.39 is 0 Å². The van der Waals surface area contributed by atoms with Gasteiger partial charge in [-0.1, -0.05) is 18.2 Å². The average Bonchev–Trinajstić information content (AvgIpc) is 2.84. The molecule has 1 N–H and O–H groups in total. The Bertz CT molecular complexity index is 1080. The van der Waals surface area contributed by atoms with Crippen molar-refractivity contribution in [1.82, 2.24) is 15.1 Å². The third-order valence-corrected chi connectivity index (χ3v) is 5.54. The maximum Gasteiger partial charge on any atom is 0.259 e. The molecule has 1 aliphatic heterocycles. The molecule has 1 amide bonds. The first-order valence-electron chi connectivity index (χ1n) is 10.5. The van der Waals surface area contributed by atoms with E-state index in [1.807, 2.05) is 36.4 Å². The summed E-state index contributed by atoms with van der Waals surface area (Å²) in [6.45, 7) is 3.92. The number of hydrogen-bond donors (Lipinski definition) is 1. The van der Waals surface area contributed by atoms with Crippen molar-refractivity contribution < 1.29 is 14.3 Å². The van der Waals surface area contributed by atoms with Gasteiger partial charge in [-0.05, 0) is 43.4 Å². The molecule has 0 aliphatic carbocycles. The van der Waals surface area contributed by atoms with Gasteiger partial charge >= 0.3 is 0 Å². The lowest BCUT2D eigenvalue weighted by Gasteiger charge is -2.32. The molecule has 0 saturated carbocycles. The molecule has 0 spiro atoms. The number of piperazine rings is 1. The molecule has 0 atom stereocenters. The minimum atomic E-state index is -0.283. The van der Waals surface area contributed by atoms with Gasteiger partial charge in [0.15, 0.2) is 17.3 Å². The Morgan fingerprint density at radius 1 is 0.938 bits per heavy atom. The van der Waals surface area contributed by atoms with Crippen LogP contribution in [0.5, 0.6) is 11.5 Å². The van der Waals surface area contributed by atoms with Crippen molar-refractivity contribution in [2.24, 2.45) is 0 Å². The second-order valence-corrected chi connectivity index (χ2v) is 7.64. The normalized spacial score (nSPS) is 14.2. The van der Waals surface area contributed by atoms with Crippen molar-refractivity contribution in [3.8, 4) is 22.8 Å². The van der Waals surface area contributed by atoms with Crippen molar-refractivity contribution in [3.05, 3.63) is 60.2 Å². The SMILES string of the molecule is COc1cccc(C(=O)Nc2cccc(-c3ccc(N4CCN(C)CC4)nn3)c2)c1OC. The molecule has 1 aromatic heterocycles. The predicted octanol–water partition coefficient (Wildman–Crippen LogP) is 3.16. The van der Waals surface area contributed by atoms with E-state index in [1.54, 1.807) is 25.3 Å². The number of carbonyl (C=O) groups is 1. The van der Waals surface area contributed by atoms with E-state index in [1.165, 1.54) is 7.11 Å². The summed E-state index contributed by atoms with van der Waals surface area (Å²) in [5, 5.41) is 11.8. The molecular weight excluding hydrogens is 406 g/mol. The van der Waals surface area contributed by atoms with E-state index in [9.17, 15) is 4.79 Å². The molecular formula is C24H27N5O3. The quantitative estimate of drug-likeness (QED) is 0.640. The zero-order chi connectivity index (χ0) is 22.5. The molecule has 8 nitrogen and oxygen atoms in total. The Balaban J connectivity index is 1.50. The summed E-state index contributed by atoms with van der Waals surface area (Å²) in [5.74, 6) is 1.50. The highest BCUT2D eigenvalue weighted by molar-refractivity contribution is 6.07. The summed E-state index contributed by atoms with van der Waals surface area (Å²) >= 11 is 0. The highest BCUT2D eigenvalue weighted by Gasteiger charge is 2.18. The number of hydrogen-bond acceptors (Lipinski definition) is 7. The molecule has 1 fully saturated rings. The number of rotatable bonds is 6. The number of nitrogens with zero attached hydrogens (tertiary/aromatic N) is 4. The van der Waals surface area contributed by atoms with Crippen LogP contribution in [0.1, 0.15) is 10.4 Å². The van der Waals surface area contributed by atoms with E-state index in [0.717, 1.165) is 43.3 Å². The molecule has 2 aromatic carbocycles. The first-order chi connectivity index (χ1) is 15.6. The lowest BCUT2D eigenvalue weighted by atomic mass is 10.1. The molecule has 4 rings (SSSR count). The molecule has 3 aromatic rings.